The van der Waals surface area contributed by atoms with E-state index in [-0.39, 0.29) is 43.3 Å². The molecule has 4 rings (SSSR count). The minimum Gasteiger partial charge on any atom is -0.506 e. The molecule has 2 aromatic carbocycles. The van der Waals surface area contributed by atoms with Crippen LogP contribution in [0.3, 0.4) is 0 Å². The smallest absolute Gasteiger partial charge is 0.227 e. The molecular weight excluding hydrogens is 513 g/mol. The quantitative estimate of drug-likeness (QED) is 0.306. The molecule has 0 bridgehead atoms. The molecule has 0 spiro atoms. The largest absolute Gasteiger partial charge is 0.506 e. The van der Waals surface area contributed by atoms with Crippen molar-refractivity contribution < 1.29 is 19.4 Å². The number of nitrogens with zero attached hydrogens (tertiary/aromatic N) is 2. The molecule has 1 amide bonds. The maximum atomic E-state index is 13.4. The van der Waals surface area contributed by atoms with E-state index < -0.39 is 0 Å². The lowest BCUT2D eigenvalue weighted by atomic mass is 9.97. The van der Waals surface area contributed by atoms with Crippen molar-refractivity contribution in [3.63, 3.8) is 0 Å². The number of benzene rings is 2. The molecule has 3 N–H and O–H groups in total. The third-order valence-corrected chi connectivity index (χ3v) is 6.80. The van der Waals surface area contributed by atoms with Crippen molar-refractivity contribution >= 4 is 29.1 Å². The molecule has 1 heterocycles. The van der Waals surface area contributed by atoms with E-state index in [1.807, 2.05) is 36.1 Å². The number of aryl methyl sites for hydroxylation is 1. The van der Waals surface area contributed by atoms with Gasteiger partial charge in [-0.1, -0.05) is 35.3 Å². The van der Waals surface area contributed by atoms with Crippen LogP contribution in [-0.4, -0.2) is 46.7 Å². The highest BCUT2D eigenvalue weighted by molar-refractivity contribution is 6.37. The van der Waals surface area contributed by atoms with Gasteiger partial charge in [-0.25, -0.2) is 0 Å². The zero-order chi connectivity index (χ0) is 26.4. The Hall–Kier alpha value is -3.00. The van der Waals surface area contributed by atoms with E-state index in [1.165, 1.54) is 0 Å². The lowest BCUT2D eigenvalue weighted by molar-refractivity contribution is -0.136. The van der Waals surface area contributed by atoms with Crippen LogP contribution in [-0.2, 0) is 17.8 Å². The fourth-order valence-corrected chi connectivity index (χ4v) is 4.83. The number of hydrogen-bond acceptors (Lipinski definition) is 6. The second-order valence-corrected chi connectivity index (χ2v) is 10.0. The van der Waals surface area contributed by atoms with Crippen molar-refractivity contribution in [3.05, 3.63) is 81.6 Å². The first kappa shape index (κ1) is 27.0. The SMILES string of the molecule is Cc1cc(Cl)c(OCCOc2ccc(CC(CN)C(=O)N(Cc3ncccc3O)C3CC3)cc2)c(Cl)c1. The molecule has 196 valence electrons. The van der Waals surface area contributed by atoms with Gasteiger partial charge in [-0.05, 0) is 73.7 Å². The molecule has 0 radical (unpaired) electrons. The van der Waals surface area contributed by atoms with E-state index in [0.29, 0.717) is 40.3 Å². The molecular formula is C28H31Cl2N3O4. The van der Waals surface area contributed by atoms with Gasteiger partial charge in [0.2, 0.25) is 5.91 Å². The van der Waals surface area contributed by atoms with Crippen LogP contribution in [0.25, 0.3) is 0 Å². The predicted molar refractivity (Wildman–Crippen MR) is 144 cm³/mol. The Bertz CT molecular complexity index is 1200. The first-order valence-corrected chi connectivity index (χ1v) is 13.0. The van der Waals surface area contributed by atoms with Gasteiger partial charge in [-0.3, -0.25) is 9.78 Å². The number of carbonyl (C=O) groups is 1. The van der Waals surface area contributed by atoms with Crippen LogP contribution < -0.4 is 15.2 Å². The van der Waals surface area contributed by atoms with E-state index in [4.69, 9.17) is 38.4 Å². The van der Waals surface area contributed by atoms with Gasteiger partial charge in [-0.15, -0.1) is 0 Å². The molecule has 1 saturated carbocycles. The van der Waals surface area contributed by atoms with E-state index in [2.05, 4.69) is 4.98 Å². The zero-order valence-corrected chi connectivity index (χ0v) is 22.2. The normalized spacial score (nSPS) is 13.7. The van der Waals surface area contributed by atoms with Crippen molar-refractivity contribution in [2.24, 2.45) is 11.7 Å². The van der Waals surface area contributed by atoms with E-state index in [0.717, 1.165) is 24.0 Å². The Morgan fingerprint density at radius 2 is 1.81 bits per heavy atom. The average Bonchev–Trinajstić information content (AvgIpc) is 3.71. The van der Waals surface area contributed by atoms with Crippen molar-refractivity contribution in [1.29, 1.82) is 0 Å². The van der Waals surface area contributed by atoms with Gasteiger partial charge in [-0.2, -0.15) is 0 Å². The van der Waals surface area contributed by atoms with Gasteiger partial charge < -0.3 is 25.2 Å². The number of carbonyl (C=O) groups excluding carboxylic acids is 1. The standard InChI is InChI=1S/C28H31Cl2N3O4/c1-18-13-23(29)27(24(30)14-18)37-12-11-36-22-8-4-19(5-9-22)15-20(16-31)28(35)33(21-6-7-21)17-25-26(34)3-2-10-32-25/h2-5,8-10,13-14,20-21,34H,6-7,11-12,15-17,31H2,1H3. The lowest BCUT2D eigenvalue weighted by Gasteiger charge is -2.27. The van der Waals surface area contributed by atoms with Gasteiger partial charge in [0.05, 0.1) is 22.5 Å². The Morgan fingerprint density at radius 3 is 2.43 bits per heavy atom. The number of aromatic hydroxyl groups is 1. The second-order valence-electron chi connectivity index (χ2n) is 9.20. The summed E-state index contributed by atoms with van der Waals surface area (Å²) in [6.07, 6.45) is 4.04. The molecule has 1 aliphatic carbocycles. The Labute approximate surface area is 227 Å². The third-order valence-electron chi connectivity index (χ3n) is 6.24. The molecule has 1 aromatic heterocycles. The minimum absolute atomic E-state index is 0.0130. The first-order chi connectivity index (χ1) is 17.9. The zero-order valence-electron chi connectivity index (χ0n) is 20.7. The fourth-order valence-electron chi connectivity index (χ4n) is 4.13. The van der Waals surface area contributed by atoms with Gasteiger partial charge >= 0.3 is 0 Å². The van der Waals surface area contributed by atoms with Crippen LogP contribution >= 0.6 is 23.2 Å². The monoisotopic (exact) mass is 543 g/mol. The molecule has 1 unspecified atom stereocenters. The maximum absolute atomic E-state index is 13.4. The second kappa shape index (κ2) is 12.5. The number of hydrogen-bond donors (Lipinski definition) is 2. The number of aromatic nitrogens is 1. The predicted octanol–water partition coefficient (Wildman–Crippen LogP) is 5.17. The Kier molecular flexibility index (Phi) is 9.14. The summed E-state index contributed by atoms with van der Waals surface area (Å²) in [5, 5.41) is 11.0. The van der Waals surface area contributed by atoms with E-state index in [1.54, 1.807) is 30.5 Å². The van der Waals surface area contributed by atoms with Crippen LogP contribution in [0.5, 0.6) is 17.2 Å². The summed E-state index contributed by atoms with van der Waals surface area (Å²) >= 11 is 12.4. The van der Waals surface area contributed by atoms with Crippen molar-refractivity contribution in [2.45, 2.75) is 38.8 Å². The van der Waals surface area contributed by atoms with E-state index in [9.17, 15) is 9.90 Å². The number of halogens is 2. The molecule has 7 nitrogen and oxygen atoms in total. The van der Waals surface area contributed by atoms with E-state index >= 15 is 0 Å². The van der Waals surface area contributed by atoms with Gasteiger partial charge in [0, 0.05) is 18.8 Å². The Morgan fingerprint density at radius 1 is 1.14 bits per heavy atom. The molecule has 1 aliphatic rings. The summed E-state index contributed by atoms with van der Waals surface area (Å²) in [7, 11) is 0. The molecule has 37 heavy (non-hydrogen) atoms. The van der Waals surface area contributed by atoms with Crippen LogP contribution in [0.15, 0.2) is 54.7 Å². The van der Waals surface area contributed by atoms with Crippen LogP contribution in [0.4, 0.5) is 0 Å². The van der Waals surface area contributed by atoms with Gasteiger partial charge in [0.1, 0.15) is 30.4 Å². The van der Waals surface area contributed by atoms with Crippen molar-refractivity contribution in [1.82, 2.24) is 9.88 Å². The van der Waals surface area contributed by atoms with Crippen LogP contribution in [0, 0.1) is 12.8 Å². The fraction of sp³-hybridized carbons (Fsp3) is 0.357. The molecule has 3 aromatic rings. The lowest BCUT2D eigenvalue weighted by Crippen LogP contribution is -2.41. The number of amides is 1. The molecule has 1 atom stereocenters. The summed E-state index contributed by atoms with van der Waals surface area (Å²) in [4.78, 5) is 19.4. The van der Waals surface area contributed by atoms with Crippen LogP contribution in [0.2, 0.25) is 10.0 Å². The maximum Gasteiger partial charge on any atom is 0.227 e. The van der Waals surface area contributed by atoms with Gasteiger partial charge in [0.15, 0.2) is 5.75 Å². The first-order valence-electron chi connectivity index (χ1n) is 12.3. The summed E-state index contributed by atoms with van der Waals surface area (Å²) in [6, 6.07) is 14.6. The number of rotatable bonds is 12. The van der Waals surface area contributed by atoms with Crippen LogP contribution in [0.1, 0.15) is 29.7 Å². The molecule has 0 aliphatic heterocycles. The minimum atomic E-state index is -0.365. The van der Waals surface area contributed by atoms with Crippen molar-refractivity contribution in [2.75, 3.05) is 19.8 Å². The summed E-state index contributed by atoms with van der Waals surface area (Å²) < 4.78 is 11.5. The highest BCUT2D eigenvalue weighted by atomic mass is 35.5. The highest BCUT2D eigenvalue weighted by Gasteiger charge is 2.36. The topological polar surface area (TPSA) is 97.9 Å². The third kappa shape index (κ3) is 7.28. The summed E-state index contributed by atoms with van der Waals surface area (Å²) in [5.74, 6) is 0.853. The number of ether oxygens (including phenoxy) is 2. The highest BCUT2D eigenvalue weighted by Crippen LogP contribution is 2.34. The molecule has 9 heteroatoms. The number of nitrogens with two attached hydrogens (primary N) is 1. The number of pyridine rings is 1. The summed E-state index contributed by atoms with van der Waals surface area (Å²) in [5.41, 5.74) is 8.47. The van der Waals surface area contributed by atoms with Crippen molar-refractivity contribution in [3.8, 4) is 17.2 Å². The summed E-state index contributed by atoms with van der Waals surface area (Å²) in [6.45, 7) is 3.03. The average molecular weight is 544 g/mol. The molecule has 0 saturated heterocycles. The Balaban J connectivity index is 1.30. The van der Waals surface area contributed by atoms with Gasteiger partial charge in [0.25, 0.3) is 0 Å². The molecule has 1 fully saturated rings.